The van der Waals surface area contributed by atoms with Crippen LogP contribution in [-0.4, -0.2) is 54.4 Å². The minimum Gasteiger partial charge on any atom is -0.493 e. The van der Waals surface area contributed by atoms with E-state index in [1.807, 2.05) is 36.4 Å². The predicted octanol–water partition coefficient (Wildman–Crippen LogP) is 6.66. The lowest BCUT2D eigenvalue weighted by Gasteiger charge is -2.34. The van der Waals surface area contributed by atoms with E-state index in [4.69, 9.17) is 44.0 Å². The minimum atomic E-state index is -0.842. The molecule has 40 heavy (non-hydrogen) atoms. The molecule has 1 saturated heterocycles. The summed E-state index contributed by atoms with van der Waals surface area (Å²) in [4.78, 5) is 29.7. The van der Waals surface area contributed by atoms with Crippen LogP contribution in [0.4, 0.5) is 0 Å². The summed E-state index contributed by atoms with van der Waals surface area (Å²) in [5.74, 6) is 0.603. The first kappa shape index (κ1) is 28.7. The molecule has 1 aliphatic heterocycles. The number of rotatable bonds is 10. The standard InChI is InChI=1S/C31H29Cl3N2O4/c32-23-6-2-21(3-7-23)18-27-26-11-10-25(19-28(26)40-31(38)29(27)30(34)37)39-17-1-12-35-13-15-36(16-14-35)20-22-4-8-24(33)9-5-22/h2-11,19H,1,12-18,20H2. The molecule has 6 nitrogen and oxygen atoms in total. The van der Waals surface area contributed by atoms with Gasteiger partial charge in [0.2, 0.25) is 0 Å². The number of nitrogens with zero attached hydrogens (tertiary/aromatic N) is 2. The maximum atomic E-state index is 12.7. The van der Waals surface area contributed by atoms with E-state index in [1.165, 1.54) is 5.56 Å². The minimum absolute atomic E-state index is 0.147. The van der Waals surface area contributed by atoms with Crippen molar-refractivity contribution in [2.75, 3.05) is 39.3 Å². The van der Waals surface area contributed by atoms with Crippen LogP contribution in [-0.2, 0) is 13.0 Å². The predicted molar refractivity (Wildman–Crippen MR) is 160 cm³/mol. The zero-order valence-corrected chi connectivity index (χ0v) is 24.1. The number of piperazine rings is 1. The molecule has 0 amide bonds. The smallest absolute Gasteiger partial charge is 0.348 e. The molecule has 1 aromatic heterocycles. The molecule has 1 fully saturated rings. The van der Waals surface area contributed by atoms with Crippen LogP contribution >= 0.6 is 34.8 Å². The maximum Gasteiger partial charge on any atom is 0.348 e. The third-order valence-corrected chi connectivity index (χ3v) is 7.84. The molecular weight excluding hydrogens is 571 g/mol. The van der Waals surface area contributed by atoms with E-state index < -0.39 is 10.9 Å². The Kier molecular flexibility index (Phi) is 9.45. The zero-order chi connectivity index (χ0) is 28.1. The van der Waals surface area contributed by atoms with Crippen molar-refractivity contribution in [1.82, 2.24) is 9.80 Å². The van der Waals surface area contributed by atoms with Gasteiger partial charge in [-0.15, -0.1) is 0 Å². The molecule has 1 aliphatic rings. The molecule has 4 aromatic rings. The zero-order valence-electron chi connectivity index (χ0n) is 21.9. The summed E-state index contributed by atoms with van der Waals surface area (Å²) >= 11 is 17.8. The van der Waals surface area contributed by atoms with Crippen LogP contribution in [0.1, 0.15) is 33.5 Å². The summed E-state index contributed by atoms with van der Waals surface area (Å²) in [5, 5.41) is 1.17. The van der Waals surface area contributed by atoms with Crippen LogP contribution in [0, 0.1) is 0 Å². The molecule has 0 spiro atoms. The molecule has 5 rings (SSSR count). The molecule has 0 bridgehead atoms. The fraction of sp³-hybridized carbons (Fsp3) is 0.290. The molecule has 0 radical (unpaired) electrons. The van der Waals surface area contributed by atoms with E-state index in [-0.39, 0.29) is 5.56 Å². The van der Waals surface area contributed by atoms with Crippen molar-refractivity contribution in [3.05, 3.63) is 109 Å². The first-order chi connectivity index (χ1) is 19.4. The number of carbonyl (C=O) groups excluding carboxylic acids is 1. The van der Waals surface area contributed by atoms with Crippen LogP contribution in [0.2, 0.25) is 10.0 Å². The first-order valence-electron chi connectivity index (χ1n) is 13.2. The van der Waals surface area contributed by atoms with Crippen molar-refractivity contribution in [2.45, 2.75) is 19.4 Å². The summed E-state index contributed by atoms with van der Waals surface area (Å²) in [6.45, 7) is 6.52. The molecule has 9 heteroatoms. The molecule has 2 heterocycles. The van der Waals surface area contributed by atoms with Gasteiger partial charge in [-0.05, 0) is 77.5 Å². The normalized spacial score (nSPS) is 14.5. The number of carbonyl (C=O) groups is 1. The Morgan fingerprint density at radius 1 is 0.850 bits per heavy atom. The van der Waals surface area contributed by atoms with Crippen molar-refractivity contribution in [1.29, 1.82) is 0 Å². The largest absolute Gasteiger partial charge is 0.493 e. The van der Waals surface area contributed by atoms with E-state index in [2.05, 4.69) is 21.9 Å². The lowest BCUT2D eigenvalue weighted by atomic mass is 9.97. The summed E-state index contributed by atoms with van der Waals surface area (Å²) in [6, 6.07) is 20.6. The molecule has 0 aliphatic carbocycles. The fourth-order valence-electron chi connectivity index (χ4n) is 5.02. The first-order valence-corrected chi connectivity index (χ1v) is 14.3. The Morgan fingerprint density at radius 2 is 1.48 bits per heavy atom. The highest BCUT2D eigenvalue weighted by atomic mass is 35.5. The van der Waals surface area contributed by atoms with Crippen molar-refractivity contribution in [3.8, 4) is 5.75 Å². The van der Waals surface area contributed by atoms with E-state index in [9.17, 15) is 9.59 Å². The lowest BCUT2D eigenvalue weighted by Crippen LogP contribution is -2.46. The van der Waals surface area contributed by atoms with Crippen LogP contribution < -0.4 is 10.4 Å². The van der Waals surface area contributed by atoms with Gasteiger partial charge < -0.3 is 14.1 Å². The number of fused-ring (bicyclic) bond motifs is 1. The Labute approximate surface area is 248 Å². The third-order valence-electron chi connectivity index (χ3n) is 7.15. The van der Waals surface area contributed by atoms with E-state index in [0.717, 1.165) is 56.3 Å². The summed E-state index contributed by atoms with van der Waals surface area (Å²) in [5.41, 5.74) is 2.14. The van der Waals surface area contributed by atoms with Crippen LogP contribution in [0.3, 0.4) is 0 Å². The second-order valence-corrected chi connectivity index (χ2v) is 11.1. The average molecular weight is 600 g/mol. The van der Waals surface area contributed by atoms with Gasteiger partial charge in [-0.3, -0.25) is 9.69 Å². The fourth-order valence-corrected chi connectivity index (χ4v) is 5.46. The Morgan fingerprint density at radius 3 is 2.12 bits per heavy atom. The van der Waals surface area contributed by atoms with E-state index in [0.29, 0.717) is 40.3 Å². The molecule has 0 unspecified atom stereocenters. The second-order valence-electron chi connectivity index (χ2n) is 9.92. The average Bonchev–Trinajstić information content (AvgIpc) is 2.94. The molecule has 208 valence electrons. The van der Waals surface area contributed by atoms with Crippen molar-refractivity contribution >= 4 is 51.0 Å². The third kappa shape index (κ3) is 7.25. The van der Waals surface area contributed by atoms with Gasteiger partial charge in [0.05, 0.1) is 6.61 Å². The van der Waals surface area contributed by atoms with Gasteiger partial charge in [0, 0.05) is 60.8 Å². The van der Waals surface area contributed by atoms with E-state index in [1.54, 1.807) is 18.2 Å². The number of halogens is 3. The van der Waals surface area contributed by atoms with Crippen molar-refractivity contribution in [3.63, 3.8) is 0 Å². The molecule has 0 N–H and O–H groups in total. The van der Waals surface area contributed by atoms with Crippen molar-refractivity contribution in [2.24, 2.45) is 0 Å². The van der Waals surface area contributed by atoms with Crippen LogP contribution in [0.25, 0.3) is 11.0 Å². The number of hydrogen-bond donors (Lipinski definition) is 0. The Balaban J connectivity index is 1.17. The highest BCUT2D eigenvalue weighted by molar-refractivity contribution is 6.68. The van der Waals surface area contributed by atoms with Gasteiger partial charge in [-0.25, -0.2) is 4.79 Å². The second kappa shape index (κ2) is 13.2. The monoisotopic (exact) mass is 598 g/mol. The highest BCUT2D eigenvalue weighted by Crippen LogP contribution is 2.28. The summed E-state index contributed by atoms with van der Waals surface area (Å²) < 4.78 is 11.5. The number of ether oxygens (including phenoxy) is 1. The van der Waals surface area contributed by atoms with Gasteiger partial charge in [-0.2, -0.15) is 0 Å². The molecule has 0 saturated carbocycles. The van der Waals surface area contributed by atoms with Crippen molar-refractivity contribution < 1.29 is 13.9 Å². The summed E-state index contributed by atoms with van der Waals surface area (Å²) in [6.07, 6.45) is 1.21. The quantitative estimate of drug-likeness (QED) is 0.115. The van der Waals surface area contributed by atoms with E-state index >= 15 is 0 Å². The lowest BCUT2D eigenvalue weighted by molar-refractivity contribution is 0.107. The molecule has 0 atom stereocenters. The van der Waals surface area contributed by atoms with Crippen LogP contribution in [0.5, 0.6) is 5.75 Å². The van der Waals surface area contributed by atoms with Gasteiger partial charge in [-0.1, -0.05) is 47.5 Å². The van der Waals surface area contributed by atoms with Gasteiger partial charge >= 0.3 is 5.63 Å². The Hall–Kier alpha value is -2.87. The number of benzene rings is 3. The van der Waals surface area contributed by atoms with Gasteiger partial charge in [0.15, 0.2) is 0 Å². The summed E-state index contributed by atoms with van der Waals surface area (Å²) in [7, 11) is 0. The van der Waals surface area contributed by atoms with Gasteiger partial charge in [0.25, 0.3) is 5.24 Å². The Bertz CT molecular complexity index is 1530. The SMILES string of the molecule is O=C(Cl)c1c(Cc2ccc(Cl)cc2)c2ccc(OCCCN3CCN(Cc4ccc(Cl)cc4)CC3)cc2oc1=O. The number of hydrogen-bond acceptors (Lipinski definition) is 6. The van der Waals surface area contributed by atoms with Crippen LogP contribution in [0.15, 0.2) is 75.9 Å². The highest BCUT2D eigenvalue weighted by Gasteiger charge is 2.21. The maximum absolute atomic E-state index is 12.7. The van der Waals surface area contributed by atoms with Gasteiger partial charge in [0.1, 0.15) is 16.9 Å². The molecule has 3 aromatic carbocycles. The molecular formula is C31H29Cl3N2O4. The topological polar surface area (TPSA) is 63.0 Å².